The zero-order valence-electron chi connectivity index (χ0n) is 14.1. The molecule has 0 saturated carbocycles. The summed E-state index contributed by atoms with van der Waals surface area (Å²) in [6.07, 6.45) is 7.03. The highest BCUT2D eigenvalue weighted by atomic mass is 35.5. The normalized spacial score (nSPS) is 19.8. The summed E-state index contributed by atoms with van der Waals surface area (Å²) < 4.78 is 18.4. The van der Waals surface area contributed by atoms with E-state index in [1.807, 2.05) is 32.1 Å². The predicted octanol–water partition coefficient (Wildman–Crippen LogP) is 4.33. The Morgan fingerprint density at radius 3 is 2.71 bits per heavy atom. The molecule has 24 heavy (non-hydrogen) atoms. The van der Waals surface area contributed by atoms with Crippen LogP contribution in [0.2, 0.25) is 0 Å². The maximum absolute atomic E-state index is 12.8. The Hall–Kier alpha value is -1.81. The Kier molecular flexibility index (Phi) is 6.44. The summed E-state index contributed by atoms with van der Waals surface area (Å²) in [7, 11) is 0. The van der Waals surface area contributed by atoms with E-state index in [0.717, 1.165) is 6.42 Å². The van der Waals surface area contributed by atoms with Gasteiger partial charge in [-0.25, -0.2) is 4.39 Å². The number of halogens is 2. The average Bonchev–Trinajstić information content (AvgIpc) is 2.55. The van der Waals surface area contributed by atoms with Crippen LogP contribution in [0.25, 0.3) is 0 Å². The van der Waals surface area contributed by atoms with Gasteiger partial charge in [0.1, 0.15) is 11.6 Å². The first-order chi connectivity index (χ1) is 11.4. The molecule has 0 saturated heterocycles. The first-order valence-electron chi connectivity index (χ1n) is 8.17. The van der Waals surface area contributed by atoms with E-state index >= 15 is 0 Å². The number of likely N-dealkylation sites (N-methyl/N-ethyl adjacent to an activating group) is 1. The molecule has 0 aliphatic heterocycles. The van der Waals surface area contributed by atoms with Gasteiger partial charge in [0.2, 0.25) is 0 Å². The van der Waals surface area contributed by atoms with Crippen molar-refractivity contribution in [3.63, 3.8) is 0 Å². The van der Waals surface area contributed by atoms with Gasteiger partial charge in [-0.3, -0.25) is 4.79 Å². The smallest absolute Gasteiger partial charge is 0.253 e. The second-order valence-corrected chi connectivity index (χ2v) is 6.89. The van der Waals surface area contributed by atoms with Gasteiger partial charge in [0.05, 0.1) is 11.5 Å². The van der Waals surface area contributed by atoms with Crippen LogP contribution >= 0.6 is 11.6 Å². The third-order valence-electron chi connectivity index (χ3n) is 3.84. The van der Waals surface area contributed by atoms with Crippen LogP contribution in [0.5, 0.6) is 5.75 Å². The van der Waals surface area contributed by atoms with Crippen molar-refractivity contribution >= 4 is 17.5 Å². The lowest BCUT2D eigenvalue weighted by Crippen LogP contribution is -2.34. The van der Waals surface area contributed by atoms with Crippen molar-refractivity contribution in [1.29, 1.82) is 0 Å². The minimum Gasteiger partial charge on any atom is -0.494 e. The summed E-state index contributed by atoms with van der Waals surface area (Å²) in [6.45, 7) is 5.54. The number of ether oxygens (including phenoxy) is 1. The Labute approximate surface area is 147 Å². The third kappa shape index (κ3) is 5.38. The molecule has 0 heterocycles. The Balaban J connectivity index is 1.83. The number of carbonyl (C=O) groups excluding carboxylic acids is 1. The van der Waals surface area contributed by atoms with E-state index < -0.39 is 4.87 Å². The Morgan fingerprint density at radius 2 is 2.08 bits per heavy atom. The van der Waals surface area contributed by atoms with E-state index in [1.54, 1.807) is 17.0 Å². The van der Waals surface area contributed by atoms with Crippen LogP contribution in [0.3, 0.4) is 0 Å². The highest BCUT2D eigenvalue weighted by Crippen LogP contribution is 2.28. The number of hydrogen-bond acceptors (Lipinski definition) is 2. The molecule has 1 aromatic carbocycles. The molecule has 1 unspecified atom stereocenters. The van der Waals surface area contributed by atoms with Gasteiger partial charge >= 0.3 is 0 Å². The molecule has 1 amide bonds. The van der Waals surface area contributed by atoms with E-state index in [9.17, 15) is 9.18 Å². The fourth-order valence-corrected chi connectivity index (χ4v) is 2.75. The van der Waals surface area contributed by atoms with Gasteiger partial charge < -0.3 is 9.64 Å². The molecule has 1 aromatic rings. The van der Waals surface area contributed by atoms with Crippen LogP contribution in [0.1, 0.15) is 26.7 Å². The van der Waals surface area contributed by atoms with Crippen molar-refractivity contribution in [2.75, 3.05) is 19.7 Å². The van der Waals surface area contributed by atoms with Crippen LogP contribution in [0.4, 0.5) is 4.39 Å². The monoisotopic (exact) mass is 351 g/mol. The third-order valence-corrected chi connectivity index (χ3v) is 4.10. The van der Waals surface area contributed by atoms with Crippen molar-refractivity contribution in [1.82, 2.24) is 4.90 Å². The number of nitrogens with zero attached hydrogens (tertiary/aromatic N) is 1. The molecule has 3 nitrogen and oxygen atoms in total. The van der Waals surface area contributed by atoms with Gasteiger partial charge in [-0.1, -0.05) is 18.2 Å². The predicted molar refractivity (Wildman–Crippen MR) is 94.9 cm³/mol. The molecule has 0 N–H and O–H groups in total. The number of carbonyl (C=O) groups is 1. The number of amides is 1. The summed E-state index contributed by atoms with van der Waals surface area (Å²) in [4.78, 5) is 13.9. The van der Waals surface area contributed by atoms with E-state index in [2.05, 4.69) is 0 Å². The van der Waals surface area contributed by atoms with Gasteiger partial charge in [-0.2, -0.15) is 0 Å². The molecule has 1 atom stereocenters. The minimum atomic E-state index is -0.495. The minimum absolute atomic E-state index is 0.0119. The molecule has 1 aliphatic rings. The quantitative estimate of drug-likeness (QED) is 0.540. The second-order valence-electron chi connectivity index (χ2n) is 6.03. The molecule has 0 radical (unpaired) electrons. The van der Waals surface area contributed by atoms with E-state index in [-0.39, 0.29) is 11.7 Å². The fraction of sp³-hybridized carbons (Fsp3) is 0.421. The lowest BCUT2D eigenvalue weighted by Gasteiger charge is -2.25. The van der Waals surface area contributed by atoms with E-state index in [0.29, 0.717) is 37.4 Å². The number of hydrogen-bond donors (Lipinski definition) is 0. The zero-order chi connectivity index (χ0) is 17.6. The zero-order valence-corrected chi connectivity index (χ0v) is 14.9. The summed E-state index contributed by atoms with van der Waals surface area (Å²) in [5.74, 6) is 0.328. The molecule has 0 spiro atoms. The van der Waals surface area contributed by atoms with Gasteiger partial charge in [0.15, 0.2) is 0 Å². The Bertz CT molecular complexity index is 623. The molecule has 1 aliphatic carbocycles. The average molecular weight is 352 g/mol. The van der Waals surface area contributed by atoms with Crippen molar-refractivity contribution < 1.29 is 13.9 Å². The molecule has 0 aromatic heterocycles. The number of allylic oxidation sites excluding steroid dienone is 2. The van der Waals surface area contributed by atoms with Crippen LogP contribution in [-0.2, 0) is 4.79 Å². The number of alkyl halides is 1. The van der Waals surface area contributed by atoms with Gasteiger partial charge in [0, 0.05) is 18.7 Å². The van der Waals surface area contributed by atoms with Crippen LogP contribution in [-0.4, -0.2) is 35.4 Å². The molecule has 0 bridgehead atoms. The highest BCUT2D eigenvalue weighted by Gasteiger charge is 2.24. The maximum atomic E-state index is 12.8. The second kappa shape index (κ2) is 8.34. The van der Waals surface area contributed by atoms with E-state index in [1.165, 1.54) is 12.1 Å². The number of rotatable bonds is 7. The molecular weight excluding hydrogens is 329 g/mol. The van der Waals surface area contributed by atoms with Crippen LogP contribution in [0, 0.1) is 5.82 Å². The van der Waals surface area contributed by atoms with Crippen LogP contribution in [0.15, 0.2) is 48.1 Å². The van der Waals surface area contributed by atoms with Gasteiger partial charge in [0.25, 0.3) is 5.91 Å². The molecule has 5 heteroatoms. The lowest BCUT2D eigenvalue weighted by atomic mass is 9.96. The fourth-order valence-electron chi connectivity index (χ4n) is 2.54. The largest absolute Gasteiger partial charge is 0.494 e. The molecule has 0 fully saturated rings. The van der Waals surface area contributed by atoms with Gasteiger partial charge in [-0.05, 0) is 51.0 Å². The standard InChI is InChI=1S/C19H23ClFNO2/c1-3-22(18(23)15-6-4-11-19(2,20)14-15)12-5-13-24-17-9-7-16(21)8-10-17/h4,6-10,14H,3,5,11-13H2,1-2H3. The number of benzene rings is 1. The van der Waals surface area contributed by atoms with Crippen molar-refractivity contribution in [3.05, 3.63) is 53.9 Å². The van der Waals surface area contributed by atoms with E-state index in [4.69, 9.17) is 16.3 Å². The van der Waals surface area contributed by atoms with Crippen molar-refractivity contribution in [2.45, 2.75) is 31.6 Å². The Morgan fingerprint density at radius 1 is 1.38 bits per heavy atom. The van der Waals surface area contributed by atoms with Crippen molar-refractivity contribution in [3.8, 4) is 5.75 Å². The topological polar surface area (TPSA) is 29.5 Å². The lowest BCUT2D eigenvalue weighted by molar-refractivity contribution is -0.126. The molecule has 2 rings (SSSR count). The summed E-state index contributed by atoms with van der Waals surface area (Å²) in [5, 5.41) is 0. The first kappa shape index (κ1) is 18.5. The summed E-state index contributed by atoms with van der Waals surface area (Å²) in [5.41, 5.74) is 0.639. The maximum Gasteiger partial charge on any atom is 0.253 e. The van der Waals surface area contributed by atoms with Crippen molar-refractivity contribution in [2.24, 2.45) is 0 Å². The SMILES string of the molecule is CCN(CCCOc1ccc(F)cc1)C(=O)C1=CC(C)(Cl)CC=C1. The first-order valence-corrected chi connectivity index (χ1v) is 8.55. The van der Waals surface area contributed by atoms with Crippen LogP contribution < -0.4 is 4.74 Å². The molecule has 130 valence electrons. The molecular formula is C19H23ClFNO2. The highest BCUT2D eigenvalue weighted by molar-refractivity contribution is 6.25. The summed E-state index contributed by atoms with van der Waals surface area (Å²) in [6, 6.07) is 5.92. The van der Waals surface area contributed by atoms with Gasteiger partial charge in [-0.15, -0.1) is 11.6 Å². The summed E-state index contributed by atoms with van der Waals surface area (Å²) >= 11 is 6.32.